The average Bonchev–Trinajstić information content (AvgIpc) is 2.72. The number of rotatable bonds is 4. The van der Waals surface area contributed by atoms with Gasteiger partial charge < -0.3 is 15.8 Å². The fourth-order valence-electron chi connectivity index (χ4n) is 2.38. The Labute approximate surface area is 113 Å². The Kier molecular flexibility index (Phi) is 4.42. The van der Waals surface area contributed by atoms with E-state index in [1.54, 1.807) is 0 Å². The van der Waals surface area contributed by atoms with Gasteiger partial charge >= 0.3 is 0 Å². The van der Waals surface area contributed by atoms with Crippen LogP contribution in [0.4, 0.5) is 5.69 Å². The molecule has 1 aliphatic heterocycles. The molecular formula is C13H22N4O2. The molecule has 106 valence electrons. The summed E-state index contributed by atoms with van der Waals surface area (Å²) < 4.78 is 5.46. The lowest BCUT2D eigenvalue weighted by molar-refractivity contribution is 0.0136. The first kappa shape index (κ1) is 13.9. The van der Waals surface area contributed by atoms with E-state index in [4.69, 9.17) is 10.5 Å². The van der Waals surface area contributed by atoms with E-state index in [1.807, 2.05) is 6.92 Å². The molecule has 1 amide bonds. The van der Waals surface area contributed by atoms with Gasteiger partial charge in [-0.1, -0.05) is 13.3 Å². The summed E-state index contributed by atoms with van der Waals surface area (Å²) in [6.45, 7) is 4.76. The highest BCUT2D eigenvalue weighted by Crippen LogP contribution is 2.17. The Morgan fingerprint density at radius 1 is 1.63 bits per heavy atom. The Balaban J connectivity index is 1.99. The zero-order chi connectivity index (χ0) is 13.8. The molecule has 1 saturated heterocycles. The van der Waals surface area contributed by atoms with Crippen molar-refractivity contribution >= 4 is 11.6 Å². The van der Waals surface area contributed by atoms with Crippen molar-refractivity contribution in [3.8, 4) is 0 Å². The van der Waals surface area contributed by atoms with Gasteiger partial charge in [-0.2, -0.15) is 5.10 Å². The molecule has 6 nitrogen and oxygen atoms in total. The molecule has 1 aromatic heterocycles. The largest absolute Gasteiger partial charge is 0.395 e. The number of nitrogens with zero attached hydrogens (tertiary/aromatic N) is 1. The first-order chi connectivity index (χ1) is 9.11. The lowest BCUT2D eigenvalue weighted by Gasteiger charge is -2.27. The van der Waals surface area contributed by atoms with Crippen LogP contribution >= 0.6 is 0 Å². The minimum absolute atomic E-state index is 0.141. The van der Waals surface area contributed by atoms with E-state index >= 15 is 0 Å². The van der Waals surface area contributed by atoms with Crippen molar-refractivity contribution in [2.45, 2.75) is 51.7 Å². The van der Waals surface area contributed by atoms with Crippen molar-refractivity contribution in [1.29, 1.82) is 0 Å². The summed E-state index contributed by atoms with van der Waals surface area (Å²) in [5.41, 5.74) is 7.56. The molecular weight excluding hydrogens is 244 g/mol. The highest BCUT2D eigenvalue weighted by Gasteiger charge is 2.24. The van der Waals surface area contributed by atoms with Crippen LogP contribution in [0.2, 0.25) is 0 Å². The van der Waals surface area contributed by atoms with Gasteiger partial charge in [-0.05, 0) is 26.2 Å². The second-order valence-electron chi connectivity index (χ2n) is 5.09. The zero-order valence-electron chi connectivity index (χ0n) is 11.5. The van der Waals surface area contributed by atoms with Gasteiger partial charge in [-0.3, -0.25) is 9.89 Å². The number of anilines is 1. The van der Waals surface area contributed by atoms with E-state index in [0.29, 0.717) is 18.0 Å². The molecule has 4 N–H and O–H groups in total. The second kappa shape index (κ2) is 6.06. The van der Waals surface area contributed by atoms with Gasteiger partial charge in [0.1, 0.15) is 0 Å². The van der Waals surface area contributed by atoms with E-state index in [0.717, 1.165) is 31.4 Å². The maximum absolute atomic E-state index is 12.1. The molecule has 0 saturated carbocycles. The van der Waals surface area contributed by atoms with Crippen molar-refractivity contribution in [1.82, 2.24) is 15.5 Å². The molecule has 0 aromatic carbocycles. The van der Waals surface area contributed by atoms with E-state index in [1.165, 1.54) is 0 Å². The normalized spacial score (nSPS) is 23.3. The summed E-state index contributed by atoms with van der Waals surface area (Å²) in [6, 6.07) is 0.141. The fraction of sp³-hybridized carbons (Fsp3) is 0.692. The molecule has 1 aliphatic rings. The summed E-state index contributed by atoms with van der Waals surface area (Å²) >= 11 is 0. The van der Waals surface area contributed by atoms with Gasteiger partial charge in [0.15, 0.2) is 5.69 Å². The van der Waals surface area contributed by atoms with Crippen molar-refractivity contribution in [3.63, 3.8) is 0 Å². The number of amides is 1. The maximum atomic E-state index is 12.1. The highest BCUT2D eigenvalue weighted by molar-refractivity contribution is 5.97. The van der Waals surface area contributed by atoms with Crippen molar-refractivity contribution in [3.05, 3.63) is 11.4 Å². The summed E-state index contributed by atoms with van der Waals surface area (Å²) in [5, 5.41) is 9.85. The summed E-state index contributed by atoms with van der Waals surface area (Å²) in [7, 11) is 0. The highest BCUT2D eigenvalue weighted by atomic mass is 16.5. The summed E-state index contributed by atoms with van der Waals surface area (Å²) in [4.78, 5) is 12.1. The molecule has 0 spiro atoms. The first-order valence-corrected chi connectivity index (χ1v) is 6.87. The Bertz CT molecular complexity index is 444. The number of nitrogens with two attached hydrogens (primary N) is 1. The number of H-pyrrole nitrogens is 1. The molecule has 0 aliphatic carbocycles. The van der Waals surface area contributed by atoms with E-state index in [2.05, 4.69) is 22.4 Å². The average molecular weight is 266 g/mol. The van der Waals surface area contributed by atoms with Gasteiger partial charge in [0, 0.05) is 12.6 Å². The summed E-state index contributed by atoms with van der Waals surface area (Å²) in [5.74, 6) is -0.199. The number of hydrogen-bond donors (Lipinski definition) is 3. The number of aryl methyl sites for hydroxylation is 1. The number of ether oxygens (including phenoxy) is 1. The van der Waals surface area contributed by atoms with E-state index in [9.17, 15) is 4.79 Å². The molecule has 2 heterocycles. The van der Waals surface area contributed by atoms with Crippen LogP contribution in [0.1, 0.15) is 49.3 Å². The quantitative estimate of drug-likeness (QED) is 0.764. The van der Waals surface area contributed by atoms with Crippen molar-refractivity contribution < 1.29 is 9.53 Å². The lowest BCUT2D eigenvalue weighted by Crippen LogP contribution is -2.41. The SMILES string of the molecule is CCCc1[nH]nc(C(=O)NC2CCOC(C)C2)c1N. The van der Waals surface area contributed by atoms with Crippen LogP contribution in [-0.2, 0) is 11.2 Å². The fourth-order valence-corrected chi connectivity index (χ4v) is 2.38. The Morgan fingerprint density at radius 3 is 3.11 bits per heavy atom. The Morgan fingerprint density at radius 2 is 2.42 bits per heavy atom. The number of carbonyl (C=O) groups is 1. The minimum atomic E-state index is -0.199. The van der Waals surface area contributed by atoms with Crippen LogP contribution in [0, 0.1) is 0 Å². The number of aromatic nitrogens is 2. The van der Waals surface area contributed by atoms with E-state index < -0.39 is 0 Å². The topological polar surface area (TPSA) is 93.0 Å². The zero-order valence-corrected chi connectivity index (χ0v) is 11.5. The van der Waals surface area contributed by atoms with Crippen LogP contribution in [0.5, 0.6) is 0 Å². The molecule has 2 atom stereocenters. The third kappa shape index (κ3) is 3.26. The lowest BCUT2D eigenvalue weighted by atomic mass is 10.0. The number of nitrogen functional groups attached to an aromatic ring is 1. The molecule has 19 heavy (non-hydrogen) atoms. The first-order valence-electron chi connectivity index (χ1n) is 6.87. The third-order valence-electron chi connectivity index (χ3n) is 3.42. The van der Waals surface area contributed by atoms with Gasteiger partial charge in [-0.15, -0.1) is 0 Å². The van der Waals surface area contributed by atoms with Crippen LogP contribution in [0.25, 0.3) is 0 Å². The van der Waals surface area contributed by atoms with Crippen molar-refractivity contribution in [2.24, 2.45) is 0 Å². The van der Waals surface area contributed by atoms with Gasteiger partial charge in [0.05, 0.1) is 17.5 Å². The molecule has 2 unspecified atom stereocenters. The predicted octanol–water partition coefficient (Wildman–Crippen LogP) is 1.24. The predicted molar refractivity (Wildman–Crippen MR) is 72.9 cm³/mol. The van der Waals surface area contributed by atoms with Gasteiger partial charge in [0.25, 0.3) is 5.91 Å². The Hall–Kier alpha value is -1.56. The van der Waals surface area contributed by atoms with Crippen LogP contribution < -0.4 is 11.1 Å². The van der Waals surface area contributed by atoms with E-state index in [-0.39, 0.29) is 18.1 Å². The van der Waals surface area contributed by atoms with Crippen molar-refractivity contribution in [2.75, 3.05) is 12.3 Å². The summed E-state index contributed by atoms with van der Waals surface area (Å²) in [6.07, 6.45) is 3.62. The number of carbonyl (C=O) groups excluding carboxylic acids is 1. The number of hydrogen-bond acceptors (Lipinski definition) is 4. The monoisotopic (exact) mass is 266 g/mol. The van der Waals surface area contributed by atoms with Gasteiger partial charge in [0.2, 0.25) is 0 Å². The molecule has 2 rings (SSSR count). The number of aromatic amines is 1. The smallest absolute Gasteiger partial charge is 0.274 e. The molecule has 6 heteroatoms. The molecule has 1 fully saturated rings. The molecule has 0 bridgehead atoms. The van der Waals surface area contributed by atoms with Crippen LogP contribution in [-0.4, -0.2) is 34.9 Å². The second-order valence-corrected chi connectivity index (χ2v) is 5.09. The number of nitrogens with one attached hydrogen (secondary N) is 2. The van der Waals surface area contributed by atoms with Crippen LogP contribution in [0.3, 0.4) is 0 Å². The minimum Gasteiger partial charge on any atom is -0.395 e. The third-order valence-corrected chi connectivity index (χ3v) is 3.42. The molecule has 0 radical (unpaired) electrons. The molecule has 1 aromatic rings. The maximum Gasteiger partial charge on any atom is 0.274 e. The van der Waals surface area contributed by atoms with Gasteiger partial charge in [-0.25, -0.2) is 0 Å². The van der Waals surface area contributed by atoms with Crippen LogP contribution in [0.15, 0.2) is 0 Å². The standard InChI is InChI=1S/C13H22N4O2/c1-3-4-10-11(14)12(17-16-10)13(18)15-9-5-6-19-8(2)7-9/h8-9H,3-7,14H2,1-2H3,(H,15,18)(H,16,17).